The molecule has 0 bridgehead atoms. The number of pyridine rings is 1. The second kappa shape index (κ2) is 10.1. The van der Waals surface area contributed by atoms with Gasteiger partial charge in [0, 0.05) is 29.9 Å². The minimum Gasteiger partial charge on any atom is -0.376 e. The molecule has 0 radical (unpaired) electrons. The fourth-order valence-corrected chi connectivity index (χ4v) is 6.16. The number of nitrogens with zero attached hydrogens (tertiary/aromatic N) is 3. The van der Waals surface area contributed by atoms with Crippen molar-refractivity contribution in [2.75, 3.05) is 24.5 Å². The Morgan fingerprint density at radius 2 is 1.61 bits per heavy atom. The van der Waals surface area contributed by atoms with E-state index < -0.39 is 6.23 Å². The molecule has 6 heteroatoms. The fourth-order valence-electron chi connectivity index (χ4n) is 4.80. The Balaban J connectivity index is 1.27. The molecule has 4 nitrogen and oxygen atoms in total. The summed E-state index contributed by atoms with van der Waals surface area (Å²) in [6, 6.07) is 33.1. The number of para-hydroxylation sites is 1. The van der Waals surface area contributed by atoms with Crippen LogP contribution in [-0.2, 0) is 6.54 Å². The Hall–Kier alpha value is -3.09. The van der Waals surface area contributed by atoms with Gasteiger partial charge in [-0.3, -0.25) is 4.90 Å². The number of benzene rings is 4. The first kappa shape index (κ1) is 23.3. The highest BCUT2D eigenvalue weighted by atomic mass is 35.5. The molecule has 4 aromatic carbocycles. The molecule has 0 amide bonds. The molecule has 5 aromatic rings. The van der Waals surface area contributed by atoms with Crippen molar-refractivity contribution in [2.24, 2.45) is 0 Å². The summed E-state index contributed by atoms with van der Waals surface area (Å²) < 4.78 is 0. The number of hydrogen-bond donors (Lipinski definition) is 1. The van der Waals surface area contributed by atoms with Gasteiger partial charge >= 0.3 is 0 Å². The van der Waals surface area contributed by atoms with Gasteiger partial charge in [0.1, 0.15) is 12.0 Å². The van der Waals surface area contributed by atoms with Gasteiger partial charge in [0.05, 0.1) is 22.0 Å². The minimum atomic E-state index is -0.605. The molecule has 0 saturated carbocycles. The molecule has 1 aromatic heterocycles. The van der Waals surface area contributed by atoms with Gasteiger partial charge in [0.2, 0.25) is 0 Å². The molecule has 1 aliphatic rings. The number of hydrogen-bond acceptors (Lipinski definition) is 5. The highest BCUT2D eigenvalue weighted by Gasteiger charge is 2.29. The summed E-state index contributed by atoms with van der Waals surface area (Å²) in [6.07, 6.45) is -0.605. The highest BCUT2D eigenvalue weighted by molar-refractivity contribution is 7.99. The van der Waals surface area contributed by atoms with E-state index in [0.717, 1.165) is 39.6 Å². The summed E-state index contributed by atoms with van der Waals surface area (Å²) in [6.45, 7) is 2.67. The first-order valence-corrected chi connectivity index (χ1v) is 13.3. The first-order valence-electron chi connectivity index (χ1n) is 12.1. The first-order chi connectivity index (χ1) is 17.7. The lowest BCUT2D eigenvalue weighted by atomic mass is 10.1. The molecule has 2 heterocycles. The lowest BCUT2D eigenvalue weighted by molar-refractivity contribution is -0.00935. The van der Waals surface area contributed by atoms with Gasteiger partial charge in [-0.05, 0) is 40.6 Å². The van der Waals surface area contributed by atoms with E-state index in [1.807, 2.05) is 42.5 Å². The van der Waals surface area contributed by atoms with Crippen LogP contribution in [0.1, 0.15) is 5.56 Å². The molecule has 1 unspecified atom stereocenters. The van der Waals surface area contributed by atoms with Crippen molar-refractivity contribution < 1.29 is 5.11 Å². The van der Waals surface area contributed by atoms with Gasteiger partial charge in [-0.1, -0.05) is 96.2 Å². The summed E-state index contributed by atoms with van der Waals surface area (Å²) in [5.41, 5.74) is 2.07. The number of aliphatic hydroxyl groups is 1. The molecule has 1 saturated heterocycles. The van der Waals surface area contributed by atoms with Gasteiger partial charge in [-0.25, -0.2) is 4.98 Å². The van der Waals surface area contributed by atoms with Gasteiger partial charge in [0.15, 0.2) is 0 Å². The second-order valence-electron chi connectivity index (χ2n) is 9.09. The Labute approximate surface area is 220 Å². The number of piperazine rings is 1. The normalized spacial score (nSPS) is 16.6. The summed E-state index contributed by atoms with van der Waals surface area (Å²) in [7, 11) is 0. The van der Waals surface area contributed by atoms with Crippen LogP contribution in [0.3, 0.4) is 0 Å². The van der Waals surface area contributed by atoms with E-state index in [0.29, 0.717) is 18.1 Å². The van der Waals surface area contributed by atoms with E-state index in [1.54, 1.807) is 11.8 Å². The van der Waals surface area contributed by atoms with Gasteiger partial charge < -0.3 is 10.0 Å². The van der Waals surface area contributed by atoms with E-state index in [2.05, 4.69) is 64.4 Å². The maximum absolute atomic E-state index is 11.2. The highest BCUT2D eigenvalue weighted by Crippen LogP contribution is 2.43. The van der Waals surface area contributed by atoms with Crippen LogP contribution in [0.15, 0.2) is 107 Å². The SMILES string of the molecule is OC1CN(c2nc3ccccc3c(Cl)c2Sc2ccccc2)CCN1Cc1ccc2ccccc2c1. The lowest BCUT2D eigenvalue weighted by Crippen LogP contribution is -2.53. The van der Waals surface area contributed by atoms with Crippen LogP contribution < -0.4 is 4.90 Å². The van der Waals surface area contributed by atoms with Crippen LogP contribution in [0.25, 0.3) is 21.7 Å². The molecule has 180 valence electrons. The average Bonchev–Trinajstić information content (AvgIpc) is 2.92. The standard InChI is InChI=1S/C30H26ClN3OS/c31-28-25-12-6-7-13-26(25)32-30(29(28)36-24-10-2-1-3-11-24)34-17-16-33(27(35)20-34)19-21-14-15-22-8-4-5-9-23(22)18-21/h1-15,18,27,35H,16-17,19-20H2. The molecular formula is C30H26ClN3OS. The summed E-state index contributed by atoms with van der Waals surface area (Å²) in [4.78, 5) is 11.4. The van der Waals surface area contributed by atoms with E-state index in [-0.39, 0.29) is 0 Å². The third kappa shape index (κ3) is 4.67. The maximum atomic E-state index is 11.2. The van der Waals surface area contributed by atoms with Gasteiger partial charge in [-0.2, -0.15) is 0 Å². The number of aliphatic hydroxyl groups excluding tert-OH is 1. The number of β-amino-alcohol motifs (C(OH)–C–C–N with tert-alkyl or cyclic N) is 1. The number of aromatic nitrogens is 1. The molecule has 0 spiro atoms. The Morgan fingerprint density at radius 1 is 0.861 bits per heavy atom. The monoisotopic (exact) mass is 511 g/mol. The van der Waals surface area contributed by atoms with E-state index in [9.17, 15) is 5.11 Å². The Morgan fingerprint density at radius 3 is 2.44 bits per heavy atom. The van der Waals surface area contributed by atoms with Crippen LogP contribution >= 0.6 is 23.4 Å². The third-order valence-electron chi connectivity index (χ3n) is 6.69. The van der Waals surface area contributed by atoms with Crippen LogP contribution in [0, 0.1) is 0 Å². The van der Waals surface area contributed by atoms with Crippen molar-refractivity contribution in [3.05, 3.63) is 108 Å². The summed E-state index contributed by atoms with van der Waals surface area (Å²) in [5, 5.41) is 15.3. The topological polar surface area (TPSA) is 39.6 Å². The van der Waals surface area contributed by atoms with Crippen LogP contribution in [0.5, 0.6) is 0 Å². The molecule has 1 atom stereocenters. The van der Waals surface area contributed by atoms with Crippen molar-refractivity contribution in [3.63, 3.8) is 0 Å². The third-order valence-corrected chi connectivity index (χ3v) is 8.30. The van der Waals surface area contributed by atoms with Gasteiger partial charge in [-0.15, -0.1) is 0 Å². The van der Waals surface area contributed by atoms with Crippen LogP contribution in [0.4, 0.5) is 5.82 Å². The van der Waals surface area contributed by atoms with E-state index >= 15 is 0 Å². The largest absolute Gasteiger partial charge is 0.376 e. The molecule has 1 N–H and O–H groups in total. The van der Waals surface area contributed by atoms with Crippen molar-refractivity contribution >= 4 is 50.9 Å². The zero-order chi connectivity index (χ0) is 24.5. The lowest BCUT2D eigenvalue weighted by Gasteiger charge is -2.40. The quantitative estimate of drug-likeness (QED) is 0.280. The molecular weight excluding hydrogens is 486 g/mol. The number of rotatable bonds is 5. The summed E-state index contributed by atoms with van der Waals surface area (Å²) >= 11 is 8.60. The van der Waals surface area contributed by atoms with Crippen LogP contribution in [0.2, 0.25) is 5.02 Å². The smallest absolute Gasteiger partial charge is 0.145 e. The molecule has 36 heavy (non-hydrogen) atoms. The fraction of sp³-hybridized carbons (Fsp3) is 0.167. The Kier molecular flexibility index (Phi) is 6.55. The predicted octanol–water partition coefficient (Wildman–Crippen LogP) is 6.83. The Bertz CT molecular complexity index is 1530. The number of fused-ring (bicyclic) bond motifs is 2. The van der Waals surface area contributed by atoms with E-state index in [1.165, 1.54) is 16.3 Å². The van der Waals surface area contributed by atoms with Crippen molar-refractivity contribution in [1.29, 1.82) is 0 Å². The molecule has 1 aliphatic heterocycles. The predicted molar refractivity (Wildman–Crippen MR) is 150 cm³/mol. The molecule has 1 fully saturated rings. The van der Waals surface area contributed by atoms with Crippen molar-refractivity contribution in [2.45, 2.75) is 22.6 Å². The van der Waals surface area contributed by atoms with Crippen LogP contribution in [-0.4, -0.2) is 40.9 Å². The zero-order valence-electron chi connectivity index (χ0n) is 19.7. The average molecular weight is 512 g/mol. The second-order valence-corrected chi connectivity index (χ2v) is 10.6. The zero-order valence-corrected chi connectivity index (χ0v) is 21.3. The maximum Gasteiger partial charge on any atom is 0.145 e. The van der Waals surface area contributed by atoms with Gasteiger partial charge in [0.25, 0.3) is 0 Å². The molecule has 6 rings (SSSR count). The number of anilines is 1. The number of halogens is 1. The van der Waals surface area contributed by atoms with Crippen molar-refractivity contribution in [1.82, 2.24) is 9.88 Å². The minimum absolute atomic E-state index is 0.470. The van der Waals surface area contributed by atoms with Crippen molar-refractivity contribution in [3.8, 4) is 0 Å². The summed E-state index contributed by atoms with van der Waals surface area (Å²) in [5.74, 6) is 0.831. The molecule has 0 aliphatic carbocycles. The van der Waals surface area contributed by atoms with E-state index in [4.69, 9.17) is 16.6 Å².